The van der Waals surface area contributed by atoms with E-state index in [0.717, 1.165) is 24.9 Å². The van der Waals surface area contributed by atoms with Crippen molar-refractivity contribution in [2.24, 2.45) is 0 Å². The fraction of sp³-hybridized carbons (Fsp3) is 0.455. The van der Waals surface area contributed by atoms with Crippen LogP contribution in [-0.2, 0) is 0 Å². The van der Waals surface area contributed by atoms with Crippen LogP contribution in [0.4, 0.5) is 4.39 Å². The van der Waals surface area contributed by atoms with Gasteiger partial charge in [-0.15, -0.1) is 12.4 Å². The molecule has 1 aromatic rings. The van der Waals surface area contributed by atoms with Crippen LogP contribution < -0.4 is 10.1 Å². The van der Waals surface area contributed by atoms with Crippen LogP contribution in [0.1, 0.15) is 24.4 Å². The van der Waals surface area contributed by atoms with Gasteiger partial charge in [0.25, 0.3) is 0 Å². The summed E-state index contributed by atoms with van der Waals surface area (Å²) < 4.78 is 18.7. The summed E-state index contributed by atoms with van der Waals surface area (Å²) in [5.41, 5.74) is 0.724. The minimum Gasteiger partial charge on any atom is -0.494 e. The highest BCUT2D eigenvalue weighted by Crippen LogP contribution is 2.29. The Kier molecular flexibility index (Phi) is 4.36. The second kappa shape index (κ2) is 5.33. The van der Waals surface area contributed by atoms with Crippen molar-refractivity contribution < 1.29 is 9.13 Å². The third-order valence-electron chi connectivity index (χ3n) is 2.65. The molecule has 1 aliphatic heterocycles. The van der Waals surface area contributed by atoms with Crippen LogP contribution in [0.2, 0.25) is 0 Å². The van der Waals surface area contributed by atoms with E-state index >= 15 is 0 Å². The Hall–Kier alpha value is -0.800. The van der Waals surface area contributed by atoms with Crippen LogP contribution in [0.3, 0.4) is 0 Å². The first-order valence-corrected chi connectivity index (χ1v) is 4.88. The van der Waals surface area contributed by atoms with Gasteiger partial charge in [-0.2, -0.15) is 0 Å². The minimum atomic E-state index is -0.227. The molecule has 0 unspecified atom stereocenters. The maximum absolute atomic E-state index is 13.8. The quantitative estimate of drug-likeness (QED) is 0.845. The van der Waals surface area contributed by atoms with Crippen LogP contribution >= 0.6 is 12.4 Å². The summed E-state index contributed by atoms with van der Waals surface area (Å²) >= 11 is 0. The summed E-state index contributed by atoms with van der Waals surface area (Å²) in [5.74, 6) is 0.102. The molecule has 1 N–H and O–H groups in total. The largest absolute Gasteiger partial charge is 0.494 e. The van der Waals surface area contributed by atoms with Crippen molar-refractivity contribution in [1.82, 2.24) is 5.32 Å². The van der Waals surface area contributed by atoms with E-state index in [1.165, 1.54) is 7.11 Å². The zero-order valence-electron chi connectivity index (χ0n) is 8.63. The highest BCUT2D eigenvalue weighted by Gasteiger charge is 2.20. The molecule has 1 aliphatic rings. The lowest BCUT2D eigenvalue weighted by molar-refractivity contribution is 0.381. The molecule has 0 saturated carbocycles. The van der Waals surface area contributed by atoms with Crippen molar-refractivity contribution in [2.45, 2.75) is 18.9 Å². The van der Waals surface area contributed by atoms with Gasteiger partial charge in [0, 0.05) is 11.6 Å². The van der Waals surface area contributed by atoms with E-state index in [4.69, 9.17) is 4.74 Å². The smallest absolute Gasteiger partial charge is 0.169 e. The van der Waals surface area contributed by atoms with Crippen molar-refractivity contribution in [3.05, 3.63) is 29.6 Å². The van der Waals surface area contributed by atoms with Crippen LogP contribution in [-0.4, -0.2) is 13.7 Å². The molecule has 1 atom stereocenters. The zero-order chi connectivity index (χ0) is 9.97. The number of hydrogen-bond acceptors (Lipinski definition) is 2. The molecule has 1 fully saturated rings. The molecule has 0 bridgehead atoms. The van der Waals surface area contributed by atoms with E-state index in [9.17, 15) is 4.39 Å². The predicted molar refractivity (Wildman–Crippen MR) is 60.2 cm³/mol. The molecule has 0 amide bonds. The van der Waals surface area contributed by atoms with Gasteiger partial charge in [0.2, 0.25) is 0 Å². The predicted octanol–water partition coefficient (Wildman–Crippen LogP) is 2.68. The molecule has 0 spiro atoms. The molecular weight excluding hydrogens is 217 g/mol. The Morgan fingerprint density at radius 2 is 2.27 bits per heavy atom. The number of hydrogen-bond donors (Lipinski definition) is 1. The van der Waals surface area contributed by atoms with E-state index in [-0.39, 0.29) is 24.3 Å². The lowest BCUT2D eigenvalue weighted by atomic mass is 10.0. The van der Waals surface area contributed by atoms with Crippen LogP contribution in [0.15, 0.2) is 18.2 Å². The van der Waals surface area contributed by atoms with Crippen molar-refractivity contribution in [3.63, 3.8) is 0 Å². The van der Waals surface area contributed by atoms with Gasteiger partial charge in [-0.05, 0) is 25.5 Å². The molecule has 0 aliphatic carbocycles. The summed E-state index contributed by atoms with van der Waals surface area (Å²) in [6, 6.07) is 5.45. The summed E-state index contributed by atoms with van der Waals surface area (Å²) in [7, 11) is 1.49. The number of ether oxygens (including phenoxy) is 1. The summed E-state index contributed by atoms with van der Waals surface area (Å²) in [6.45, 7) is 0.974. The van der Waals surface area contributed by atoms with E-state index in [1.807, 2.05) is 12.1 Å². The molecule has 0 aromatic heterocycles. The Labute approximate surface area is 95.2 Å². The van der Waals surface area contributed by atoms with Crippen molar-refractivity contribution in [3.8, 4) is 5.75 Å². The summed E-state index contributed by atoms with van der Waals surface area (Å²) in [6.07, 6.45) is 2.12. The van der Waals surface area contributed by atoms with Crippen molar-refractivity contribution in [1.29, 1.82) is 0 Å². The summed E-state index contributed by atoms with van der Waals surface area (Å²) in [5, 5.41) is 3.27. The Bertz CT molecular complexity index is 326. The number of halogens is 2. The molecule has 1 aromatic carbocycles. The molecule has 84 valence electrons. The van der Waals surface area contributed by atoms with Gasteiger partial charge in [0.15, 0.2) is 11.6 Å². The van der Waals surface area contributed by atoms with Crippen molar-refractivity contribution >= 4 is 12.4 Å². The molecule has 2 rings (SSSR count). The topological polar surface area (TPSA) is 21.3 Å². The molecule has 0 radical (unpaired) electrons. The van der Waals surface area contributed by atoms with E-state index in [0.29, 0.717) is 5.75 Å². The first kappa shape index (κ1) is 12.3. The average Bonchev–Trinajstić information content (AvgIpc) is 2.71. The standard InChI is InChI=1S/C11H14FNO.ClH/c1-14-10-6-2-4-8(11(10)12)9-5-3-7-13-9;/h2,4,6,9,13H,3,5,7H2,1H3;1H/t9-;/m1./s1. The molecule has 15 heavy (non-hydrogen) atoms. The third-order valence-corrected chi connectivity index (χ3v) is 2.65. The lowest BCUT2D eigenvalue weighted by Crippen LogP contribution is -2.14. The van der Waals surface area contributed by atoms with Crippen LogP contribution in [0.25, 0.3) is 0 Å². The maximum atomic E-state index is 13.8. The molecule has 1 heterocycles. The molecular formula is C11H15ClFNO. The molecule has 4 heteroatoms. The Balaban J connectivity index is 0.00000112. The fourth-order valence-electron chi connectivity index (χ4n) is 1.90. The second-order valence-electron chi connectivity index (χ2n) is 3.51. The van der Waals surface area contributed by atoms with Gasteiger partial charge in [-0.1, -0.05) is 12.1 Å². The average molecular weight is 232 g/mol. The fourth-order valence-corrected chi connectivity index (χ4v) is 1.90. The number of benzene rings is 1. The highest BCUT2D eigenvalue weighted by molar-refractivity contribution is 5.85. The minimum absolute atomic E-state index is 0. The lowest BCUT2D eigenvalue weighted by Gasteiger charge is -2.13. The van der Waals surface area contributed by atoms with Gasteiger partial charge in [-0.25, -0.2) is 4.39 Å². The highest BCUT2D eigenvalue weighted by atomic mass is 35.5. The Morgan fingerprint density at radius 3 is 2.87 bits per heavy atom. The third kappa shape index (κ3) is 2.41. The van der Waals surface area contributed by atoms with Crippen LogP contribution in [0.5, 0.6) is 5.75 Å². The maximum Gasteiger partial charge on any atom is 0.169 e. The van der Waals surface area contributed by atoms with Gasteiger partial charge < -0.3 is 10.1 Å². The first-order valence-electron chi connectivity index (χ1n) is 4.88. The normalized spacial score (nSPS) is 19.7. The monoisotopic (exact) mass is 231 g/mol. The second-order valence-corrected chi connectivity index (χ2v) is 3.51. The van der Waals surface area contributed by atoms with Gasteiger partial charge in [0.05, 0.1) is 7.11 Å². The first-order chi connectivity index (χ1) is 6.83. The van der Waals surface area contributed by atoms with E-state index in [2.05, 4.69) is 5.32 Å². The van der Waals surface area contributed by atoms with E-state index in [1.54, 1.807) is 6.07 Å². The van der Waals surface area contributed by atoms with Gasteiger partial charge in [-0.3, -0.25) is 0 Å². The van der Waals surface area contributed by atoms with Gasteiger partial charge in [0.1, 0.15) is 0 Å². The van der Waals surface area contributed by atoms with Crippen molar-refractivity contribution in [2.75, 3.05) is 13.7 Å². The molecule has 1 saturated heterocycles. The Morgan fingerprint density at radius 1 is 1.47 bits per heavy atom. The number of methoxy groups -OCH3 is 1. The zero-order valence-corrected chi connectivity index (χ0v) is 9.44. The number of rotatable bonds is 2. The van der Waals surface area contributed by atoms with Gasteiger partial charge >= 0.3 is 0 Å². The van der Waals surface area contributed by atoms with Crippen LogP contribution in [0, 0.1) is 5.82 Å². The number of nitrogens with one attached hydrogen (secondary N) is 1. The SMILES string of the molecule is COc1cccc([C@H]2CCCN2)c1F.Cl. The van der Waals surface area contributed by atoms with E-state index < -0.39 is 0 Å². The molecule has 2 nitrogen and oxygen atoms in total. The summed E-state index contributed by atoms with van der Waals surface area (Å²) in [4.78, 5) is 0.